The molecule has 0 saturated carbocycles. The van der Waals surface area contributed by atoms with Gasteiger partial charge in [0, 0.05) is 12.3 Å². The zero-order chi connectivity index (χ0) is 14.0. The van der Waals surface area contributed by atoms with Gasteiger partial charge in [-0.25, -0.2) is 4.98 Å². The van der Waals surface area contributed by atoms with Gasteiger partial charge >= 0.3 is 6.18 Å². The Labute approximate surface area is 117 Å². The minimum atomic E-state index is -4.35. The third-order valence-electron chi connectivity index (χ3n) is 2.79. The Balaban J connectivity index is 2.51. The van der Waals surface area contributed by atoms with Gasteiger partial charge in [-0.05, 0) is 24.5 Å². The van der Waals surface area contributed by atoms with E-state index < -0.39 is 11.7 Å². The summed E-state index contributed by atoms with van der Waals surface area (Å²) in [6, 6.07) is 3.61. The maximum Gasteiger partial charge on any atom is 0.416 e. The van der Waals surface area contributed by atoms with Gasteiger partial charge < -0.3 is 4.57 Å². The Kier molecular flexibility index (Phi) is 4.30. The highest BCUT2D eigenvalue weighted by Gasteiger charge is 2.31. The number of rotatable bonds is 4. The van der Waals surface area contributed by atoms with Gasteiger partial charge in [-0.15, -0.1) is 11.6 Å². The number of nitrogens with zero attached hydrogens (tertiary/aromatic N) is 2. The molecule has 2 rings (SSSR count). The Morgan fingerprint density at radius 1 is 1.37 bits per heavy atom. The molecule has 0 aliphatic heterocycles. The van der Waals surface area contributed by atoms with E-state index in [1.54, 1.807) is 11.8 Å². The third kappa shape index (κ3) is 3.00. The maximum atomic E-state index is 12.6. The third-order valence-corrected chi connectivity index (χ3v) is 3.62. The van der Waals surface area contributed by atoms with Gasteiger partial charge in [0.15, 0.2) is 0 Å². The summed E-state index contributed by atoms with van der Waals surface area (Å²) in [7, 11) is 0. The highest BCUT2D eigenvalue weighted by molar-refractivity contribution is 7.98. The molecule has 0 saturated heterocycles. The van der Waals surface area contributed by atoms with E-state index in [4.69, 9.17) is 11.6 Å². The number of fused-ring (bicyclic) bond motifs is 1. The number of thioether (sulfide) groups is 1. The lowest BCUT2D eigenvalue weighted by Gasteiger charge is -2.08. The van der Waals surface area contributed by atoms with E-state index >= 15 is 0 Å². The Hall–Kier alpha value is -0.880. The van der Waals surface area contributed by atoms with Gasteiger partial charge in [0.25, 0.3) is 0 Å². The number of halogens is 4. The van der Waals surface area contributed by atoms with E-state index in [1.807, 2.05) is 10.8 Å². The van der Waals surface area contributed by atoms with Crippen LogP contribution in [0, 0.1) is 0 Å². The normalized spacial score (nSPS) is 12.3. The molecule has 0 aliphatic rings. The first-order valence-corrected chi connectivity index (χ1v) is 7.51. The fourth-order valence-corrected chi connectivity index (χ4v) is 2.46. The van der Waals surface area contributed by atoms with Crippen LogP contribution in [0.3, 0.4) is 0 Å². The summed E-state index contributed by atoms with van der Waals surface area (Å²) in [5.41, 5.74) is 0.347. The van der Waals surface area contributed by atoms with E-state index in [2.05, 4.69) is 4.98 Å². The van der Waals surface area contributed by atoms with E-state index in [0.29, 0.717) is 23.4 Å². The van der Waals surface area contributed by atoms with Crippen molar-refractivity contribution in [3.05, 3.63) is 29.6 Å². The van der Waals surface area contributed by atoms with Crippen molar-refractivity contribution in [3.63, 3.8) is 0 Å². The Morgan fingerprint density at radius 2 is 2.11 bits per heavy atom. The fourth-order valence-electron chi connectivity index (χ4n) is 1.89. The van der Waals surface area contributed by atoms with Crippen LogP contribution in [0.5, 0.6) is 0 Å². The monoisotopic (exact) mass is 308 g/mol. The van der Waals surface area contributed by atoms with Gasteiger partial charge in [-0.1, -0.05) is 0 Å². The molecule has 0 radical (unpaired) electrons. The largest absolute Gasteiger partial charge is 0.416 e. The van der Waals surface area contributed by atoms with Crippen LogP contribution in [0.15, 0.2) is 18.2 Å². The van der Waals surface area contributed by atoms with Crippen LogP contribution in [0.2, 0.25) is 0 Å². The van der Waals surface area contributed by atoms with Crippen molar-refractivity contribution in [3.8, 4) is 0 Å². The topological polar surface area (TPSA) is 17.8 Å². The molecule has 0 unspecified atom stereocenters. The van der Waals surface area contributed by atoms with Crippen LogP contribution in [0.4, 0.5) is 13.2 Å². The minimum absolute atomic E-state index is 0.185. The molecule has 1 aromatic carbocycles. The highest BCUT2D eigenvalue weighted by Crippen LogP contribution is 2.31. The summed E-state index contributed by atoms with van der Waals surface area (Å²) in [5, 5.41) is 0. The second kappa shape index (κ2) is 5.63. The number of benzene rings is 1. The Bertz CT molecular complexity index is 580. The molecule has 0 fully saturated rings. The predicted octanol–water partition coefficient (Wildman–Crippen LogP) is 4.16. The van der Waals surface area contributed by atoms with E-state index in [0.717, 1.165) is 17.9 Å². The number of hydrogen-bond donors (Lipinski definition) is 0. The van der Waals surface area contributed by atoms with E-state index in [9.17, 15) is 13.2 Å². The zero-order valence-corrected chi connectivity index (χ0v) is 11.7. The molecular weight excluding hydrogens is 297 g/mol. The van der Waals surface area contributed by atoms with Crippen molar-refractivity contribution < 1.29 is 13.2 Å². The summed E-state index contributed by atoms with van der Waals surface area (Å²) in [4.78, 5) is 4.18. The molecule has 19 heavy (non-hydrogen) atoms. The molecule has 0 bridgehead atoms. The van der Waals surface area contributed by atoms with Crippen LogP contribution < -0.4 is 0 Å². The van der Waals surface area contributed by atoms with Crippen molar-refractivity contribution in [1.82, 2.24) is 9.55 Å². The average Bonchev–Trinajstić information content (AvgIpc) is 2.72. The number of alkyl halides is 4. The molecule has 0 N–H and O–H groups in total. The summed E-state index contributed by atoms with van der Waals surface area (Å²) < 4.78 is 39.8. The van der Waals surface area contributed by atoms with Crippen molar-refractivity contribution in [1.29, 1.82) is 0 Å². The van der Waals surface area contributed by atoms with Gasteiger partial charge in [0.1, 0.15) is 5.82 Å². The summed E-state index contributed by atoms with van der Waals surface area (Å²) in [6.07, 6.45) is -2.38. The molecule has 0 amide bonds. The van der Waals surface area contributed by atoms with Gasteiger partial charge in [-0.3, -0.25) is 0 Å². The van der Waals surface area contributed by atoms with Crippen molar-refractivity contribution in [2.24, 2.45) is 0 Å². The quantitative estimate of drug-likeness (QED) is 0.789. The smallest absolute Gasteiger partial charge is 0.326 e. The summed E-state index contributed by atoms with van der Waals surface area (Å²) >= 11 is 7.46. The maximum absolute atomic E-state index is 12.6. The molecule has 0 spiro atoms. The molecule has 0 aliphatic carbocycles. The van der Waals surface area contributed by atoms with Crippen LogP contribution in [0.1, 0.15) is 11.4 Å². The number of aromatic nitrogens is 2. The fraction of sp³-hybridized carbons (Fsp3) is 0.417. The molecule has 0 atom stereocenters. The van der Waals surface area contributed by atoms with E-state index in [1.165, 1.54) is 6.07 Å². The highest BCUT2D eigenvalue weighted by atomic mass is 35.5. The molecule has 2 aromatic rings. The molecule has 1 aromatic heterocycles. The standard InChI is InChI=1S/C12H12ClF3N2S/c1-19-5-4-18-10-3-2-8(12(14,15)16)6-9(10)17-11(18)7-13/h2-3,6H,4-5,7H2,1H3. The van der Waals surface area contributed by atoms with Crippen LogP contribution >= 0.6 is 23.4 Å². The van der Waals surface area contributed by atoms with Gasteiger partial charge in [0.2, 0.25) is 0 Å². The lowest BCUT2D eigenvalue weighted by Crippen LogP contribution is -2.05. The van der Waals surface area contributed by atoms with Crippen molar-refractivity contribution in [2.45, 2.75) is 18.6 Å². The van der Waals surface area contributed by atoms with Crippen LogP contribution in [-0.2, 0) is 18.6 Å². The molecular formula is C12H12ClF3N2S. The first-order valence-electron chi connectivity index (χ1n) is 5.58. The van der Waals surface area contributed by atoms with Crippen molar-refractivity contribution in [2.75, 3.05) is 12.0 Å². The van der Waals surface area contributed by atoms with Crippen molar-refractivity contribution >= 4 is 34.4 Å². The first kappa shape index (κ1) is 14.5. The Morgan fingerprint density at radius 3 is 2.68 bits per heavy atom. The SMILES string of the molecule is CSCCn1c(CCl)nc2cc(C(F)(F)F)ccc21. The number of hydrogen-bond acceptors (Lipinski definition) is 2. The molecule has 7 heteroatoms. The lowest BCUT2D eigenvalue weighted by atomic mass is 10.2. The zero-order valence-electron chi connectivity index (χ0n) is 10.2. The van der Waals surface area contributed by atoms with E-state index in [-0.39, 0.29) is 5.88 Å². The number of aryl methyl sites for hydroxylation is 1. The van der Waals surface area contributed by atoms with Crippen LogP contribution in [0.25, 0.3) is 11.0 Å². The second-order valence-corrected chi connectivity index (χ2v) is 5.26. The minimum Gasteiger partial charge on any atom is -0.326 e. The number of imidazole rings is 1. The predicted molar refractivity (Wildman–Crippen MR) is 72.7 cm³/mol. The van der Waals surface area contributed by atoms with Crippen LogP contribution in [-0.4, -0.2) is 21.6 Å². The molecule has 104 valence electrons. The summed E-state index contributed by atoms with van der Waals surface area (Å²) in [6.45, 7) is 0.686. The lowest BCUT2D eigenvalue weighted by molar-refractivity contribution is -0.137. The molecule has 2 nitrogen and oxygen atoms in total. The second-order valence-electron chi connectivity index (χ2n) is 4.01. The molecule has 1 heterocycles. The average molecular weight is 309 g/mol. The first-order chi connectivity index (χ1) is 8.97. The van der Waals surface area contributed by atoms with Gasteiger partial charge in [0.05, 0.1) is 22.5 Å². The summed E-state index contributed by atoms with van der Waals surface area (Å²) in [5.74, 6) is 1.64. The van der Waals surface area contributed by atoms with Gasteiger partial charge in [-0.2, -0.15) is 24.9 Å².